The number of likely N-dealkylation sites (N-methyl/N-ethyl adjacent to an activating group) is 1. The van der Waals surface area contributed by atoms with Gasteiger partial charge in [0, 0.05) is 64.6 Å². The van der Waals surface area contributed by atoms with Crippen LogP contribution in [0.1, 0.15) is 40.3 Å². The maximum Gasteiger partial charge on any atom is 0.488 e. The second kappa shape index (κ2) is 20.6. The van der Waals surface area contributed by atoms with E-state index in [1.807, 2.05) is 36.4 Å². The second-order valence-corrected chi connectivity index (χ2v) is 23.5. The predicted molar refractivity (Wildman–Crippen MR) is 287 cm³/mol. The van der Waals surface area contributed by atoms with Crippen molar-refractivity contribution in [2.24, 2.45) is 4.99 Å². The average molecular weight is 923 g/mol. The summed E-state index contributed by atoms with van der Waals surface area (Å²) in [6.45, 7) is 15.9. The van der Waals surface area contributed by atoms with Crippen LogP contribution < -0.4 is 31.6 Å². The molecule has 1 fully saturated rings. The molecule has 6 N–H and O–H groups in total. The van der Waals surface area contributed by atoms with Crippen LogP contribution in [0.5, 0.6) is 0 Å². The molecule has 0 aromatic heterocycles. The number of aliphatic imine (C=N–C) groups is 1. The summed E-state index contributed by atoms with van der Waals surface area (Å²) in [6.07, 6.45) is 6.91. The van der Waals surface area contributed by atoms with Crippen LogP contribution in [-0.2, 0) is 26.2 Å². The fourth-order valence-electron chi connectivity index (χ4n) is 10.7. The van der Waals surface area contributed by atoms with Crippen molar-refractivity contribution in [2.45, 2.75) is 46.2 Å². The maximum atomic E-state index is 10.3. The molecular formula is C55H64B2N6O4Si. The Morgan fingerprint density at radius 1 is 0.691 bits per heavy atom. The summed E-state index contributed by atoms with van der Waals surface area (Å²) in [7, 11) is -1.17. The molecule has 0 radical (unpaired) electrons. The highest BCUT2D eigenvalue weighted by molar-refractivity contribution is 6.98. The van der Waals surface area contributed by atoms with Gasteiger partial charge in [0.1, 0.15) is 8.07 Å². The lowest BCUT2D eigenvalue weighted by atomic mass is 9.77. The number of hydrogen-bond acceptors (Lipinski definition) is 10. The summed E-state index contributed by atoms with van der Waals surface area (Å²) < 4.78 is 0. The molecule has 68 heavy (non-hydrogen) atoms. The van der Waals surface area contributed by atoms with Crippen molar-refractivity contribution in [3.8, 4) is 0 Å². The number of fused-ring (bicyclic) bond motifs is 4. The Morgan fingerprint density at radius 3 is 1.90 bits per heavy atom. The Bertz CT molecular complexity index is 2960. The third-order valence-corrected chi connectivity index (χ3v) is 17.7. The van der Waals surface area contributed by atoms with Gasteiger partial charge in [-0.05, 0) is 138 Å². The Hall–Kier alpha value is -5.44. The lowest BCUT2D eigenvalue weighted by Gasteiger charge is -2.39. The zero-order valence-corrected chi connectivity index (χ0v) is 41.1. The van der Waals surface area contributed by atoms with Crippen molar-refractivity contribution in [1.29, 1.82) is 0 Å². The summed E-state index contributed by atoms with van der Waals surface area (Å²) >= 11 is 0. The number of benzene rings is 6. The van der Waals surface area contributed by atoms with Gasteiger partial charge in [-0.25, -0.2) is 0 Å². The number of anilines is 1. The van der Waals surface area contributed by atoms with Gasteiger partial charge in [-0.3, -0.25) is 14.8 Å². The van der Waals surface area contributed by atoms with Crippen molar-refractivity contribution < 1.29 is 20.1 Å². The first kappa shape index (κ1) is 47.6. The van der Waals surface area contributed by atoms with Gasteiger partial charge in [0.05, 0.1) is 12.3 Å². The second-order valence-electron chi connectivity index (χ2n) is 19.2. The number of nitrogens with one attached hydrogen (secondary N) is 2. The van der Waals surface area contributed by atoms with E-state index in [0.29, 0.717) is 37.1 Å². The normalized spacial score (nSPS) is 16.2. The Balaban J connectivity index is 1.23. The van der Waals surface area contributed by atoms with Crippen LogP contribution in [0, 0.1) is 0 Å². The molecule has 10 nitrogen and oxygen atoms in total. The molecule has 0 saturated carbocycles. The minimum absolute atomic E-state index is 0.510. The molecule has 3 aliphatic rings. The van der Waals surface area contributed by atoms with E-state index in [2.05, 4.69) is 138 Å². The summed E-state index contributed by atoms with van der Waals surface area (Å²) in [4.78, 5) is 12.1. The van der Waals surface area contributed by atoms with Gasteiger partial charge in [0.25, 0.3) is 0 Å². The molecule has 2 aliphatic heterocycles. The fraction of sp³-hybridized carbons (Fsp3) is 0.291. The molecule has 1 aliphatic carbocycles. The molecule has 0 amide bonds. The smallest absolute Gasteiger partial charge is 0.423 e. The van der Waals surface area contributed by atoms with Crippen LogP contribution in [0.2, 0.25) is 13.1 Å². The first-order chi connectivity index (χ1) is 32.9. The predicted octanol–water partition coefficient (Wildman–Crippen LogP) is 4.84. The SMILES string of the molecule is CCNCC/N=C1\C=CC2=C(c3ccc4c(CN(C)Cc5ccccc5B(O)O)c5ccccc5c(CN(C)Cc5ccccc5B(O)O)c4c3)c3ccc(N4CCNCC4)cc3[Si](C)(C)C2=C1. The van der Waals surface area contributed by atoms with Crippen LogP contribution in [0.15, 0.2) is 143 Å². The molecule has 1 saturated heterocycles. The summed E-state index contributed by atoms with van der Waals surface area (Å²) in [5.41, 5.74) is 12.5. The van der Waals surface area contributed by atoms with E-state index in [-0.39, 0.29) is 0 Å². The molecule has 6 aromatic carbocycles. The number of rotatable bonds is 16. The fourth-order valence-corrected chi connectivity index (χ4v) is 13.8. The largest absolute Gasteiger partial charge is 0.488 e. The summed E-state index contributed by atoms with van der Waals surface area (Å²) in [6, 6.07) is 38.1. The number of hydrogen-bond donors (Lipinski definition) is 6. The molecule has 0 atom stereocenters. The van der Waals surface area contributed by atoms with Crippen LogP contribution >= 0.6 is 0 Å². The molecule has 2 heterocycles. The van der Waals surface area contributed by atoms with Gasteiger partial charge in [-0.1, -0.05) is 117 Å². The standard InChI is InChI=1S/C55H64B2N6O4Si/c1-6-58-25-26-60-41-20-23-46-53(32-41)68(4,5)54-33-42(63-29-27-59-28-30-63)21-24-47(54)55(46)38-19-22-45-48(31-38)50(37-62(3)35-40-14-8-12-18-52(40)57(66)67)44-16-10-9-15-43(44)49(45)36-61(2)34-39-13-7-11-17-51(39)56(64)65/h7-24,31-33,58-59,64-67H,6,25-30,34-37H2,1-5H3/b60-41+. The first-order valence-corrected chi connectivity index (χ1v) is 27.1. The van der Waals surface area contributed by atoms with Crippen molar-refractivity contribution in [1.82, 2.24) is 20.4 Å². The quantitative estimate of drug-likeness (QED) is 0.0460. The van der Waals surface area contributed by atoms with E-state index in [4.69, 9.17) is 4.99 Å². The van der Waals surface area contributed by atoms with Crippen LogP contribution in [0.4, 0.5) is 5.69 Å². The molecule has 6 aromatic rings. The molecule has 13 heteroatoms. The van der Waals surface area contributed by atoms with Gasteiger partial charge >= 0.3 is 14.2 Å². The van der Waals surface area contributed by atoms with E-state index in [9.17, 15) is 20.1 Å². The summed E-state index contributed by atoms with van der Waals surface area (Å²) in [5, 5.41) is 55.6. The highest BCUT2D eigenvalue weighted by Crippen LogP contribution is 2.44. The van der Waals surface area contributed by atoms with Crippen LogP contribution in [0.3, 0.4) is 0 Å². The first-order valence-electron chi connectivity index (χ1n) is 24.1. The van der Waals surface area contributed by atoms with Gasteiger partial charge in [0.15, 0.2) is 0 Å². The van der Waals surface area contributed by atoms with E-state index < -0.39 is 22.3 Å². The van der Waals surface area contributed by atoms with E-state index in [0.717, 1.165) is 68.2 Å². The number of piperazine rings is 1. The molecule has 0 unspecified atom stereocenters. The average Bonchev–Trinajstić information content (AvgIpc) is 3.34. The van der Waals surface area contributed by atoms with Crippen molar-refractivity contribution in [2.75, 3.05) is 64.8 Å². The lowest BCUT2D eigenvalue weighted by Crippen LogP contribution is -2.50. The molecular weight excluding hydrogens is 858 g/mol. The topological polar surface area (TPSA) is 127 Å². The number of allylic oxidation sites excluding steroid dienone is 5. The summed E-state index contributed by atoms with van der Waals surface area (Å²) in [5.74, 6) is 0. The third kappa shape index (κ3) is 9.73. The molecule has 0 bridgehead atoms. The highest BCUT2D eigenvalue weighted by Gasteiger charge is 2.40. The molecule has 348 valence electrons. The zero-order chi connectivity index (χ0) is 47.5. The Labute approximate surface area is 403 Å². The Morgan fingerprint density at radius 2 is 1.28 bits per heavy atom. The minimum Gasteiger partial charge on any atom is -0.423 e. The Kier molecular flexibility index (Phi) is 14.5. The lowest BCUT2D eigenvalue weighted by molar-refractivity contribution is 0.320. The van der Waals surface area contributed by atoms with E-state index >= 15 is 0 Å². The molecule has 9 rings (SSSR count). The van der Waals surface area contributed by atoms with E-state index in [1.165, 1.54) is 65.5 Å². The maximum absolute atomic E-state index is 10.3. The monoisotopic (exact) mass is 922 g/mol. The van der Waals surface area contributed by atoms with Crippen molar-refractivity contribution in [3.05, 3.63) is 172 Å². The van der Waals surface area contributed by atoms with E-state index in [1.54, 1.807) is 12.1 Å². The number of nitrogens with zero attached hydrogens (tertiary/aromatic N) is 4. The molecule has 0 spiro atoms. The van der Waals surface area contributed by atoms with Gasteiger partial charge < -0.3 is 35.6 Å². The van der Waals surface area contributed by atoms with Crippen molar-refractivity contribution in [3.63, 3.8) is 0 Å². The van der Waals surface area contributed by atoms with Crippen molar-refractivity contribution >= 4 is 76.9 Å². The van der Waals surface area contributed by atoms with Gasteiger partial charge in [0.2, 0.25) is 0 Å². The zero-order valence-electron chi connectivity index (χ0n) is 40.1. The highest BCUT2D eigenvalue weighted by atomic mass is 28.3. The van der Waals surface area contributed by atoms with Crippen LogP contribution in [0.25, 0.3) is 27.1 Å². The van der Waals surface area contributed by atoms with Crippen LogP contribution in [-0.4, -0.2) is 118 Å². The third-order valence-electron chi connectivity index (χ3n) is 14.1. The minimum atomic E-state index is -2.25. The van der Waals surface area contributed by atoms with Gasteiger partial charge in [-0.2, -0.15) is 0 Å². The van der Waals surface area contributed by atoms with Gasteiger partial charge in [-0.15, -0.1) is 0 Å².